The number of benzene rings is 1. The molecule has 132 valence electrons. The minimum Gasteiger partial charge on any atom is -0.490 e. The summed E-state index contributed by atoms with van der Waals surface area (Å²) in [5, 5.41) is 6.85. The van der Waals surface area contributed by atoms with Gasteiger partial charge in [-0.05, 0) is 62.1 Å². The molecule has 0 saturated heterocycles. The van der Waals surface area contributed by atoms with Crippen LogP contribution in [0, 0.1) is 0 Å². The number of carbonyl (C=O) groups excluding carboxylic acids is 1. The molecule has 1 saturated carbocycles. The fourth-order valence-electron chi connectivity index (χ4n) is 3.01. The number of anilines is 1. The molecule has 3 aromatic rings. The van der Waals surface area contributed by atoms with Gasteiger partial charge < -0.3 is 10.1 Å². The van der Waals surface area contributed by atoms with Crippen LogP contribution in [0.15, 0.2) is 55.2 Å². The van der Waals surface area contributed by atoms with Crippen molar-refractivity contribution in [1.29, 1.82) is 0 Å². The van der Waals surface area contributed by atoms with E-state index in [1.807, 2.05) is 12.1 Å². The molecule has 1 amide bonds. The number of ether oxygens (including phenoxy) is 1. The van der Waals surface area contributed by atoms with E-state index in [2.05, 4.69) is 20.4 Å². The summed E-state index contributed by atoms with van der Waals surface area (Å²) in [6, 6.07) is 10.8. The van der Waals surface area contributed by atoms with Gasteiger partial charge in [0.2, 0.25) is 0 Å². The van der Waals surface area contributed by atoms with Crippen molar-refractivity contribution in [3.8, 4) is 11.6 Å². The molecule has 2 aromatic heterocycles. The fraction of sp³-hybridized carbons (Fsp3) is 0.263. The van der Waals surface area contributed by atoms with Gasteiger partial charge in [-0.3, -0.25) is 4.79 Å². The Morgan fingerprint density at radius 2 is 1.92 bits per heavy atom. The second kappa shape index (κ2) is 7.35. The first-order chi connectivity index (χ1) is 12.8. The van der Waals surface area contributed by atoms with E-state index in [1.165, 1.54) is 19.2 Å². The van der Waals surface area contributed by atoms with E-state index in [1.54, 1.807) is 41.5 Å². The number of aromatic nitrogens is 4. The van der Waals surface area contributed by atoms with Gasteiger partial charge in [-0.2, -0.15) is 5.10 Å². The zero-order valence-electron chi connectivity index (χ0n) is 14.2. The Labute approximate surface area is 151 Å². The average molecular weight is 349 g/mol. The molecule has 0 unspecified atom stereocenters. The van der Waals surface area contributed by atoms with Crippen LogP contribution in [0.4, 0.5) is 5.69 Å². The summed E-state index contributed by atoms with van der Waals surface area (Å²) in [6.45, 7) is 0. The summed E-state index contributed by atoms with van der Waals surface area (Å²) in [7, 11) is 0. The summed E-state index contributed by atoms with van der Waals surface area (Å²) >= 11 is 0. The molecule has 1 aliphatic rings. The van der Waals surface area contributed by atoms with Crippen LogP contribution in [0.5, 0.6) is 5.75 Å². The number of pyridine rings is 1. The highest BCUT2D eigenvalue weighted by Gasteiger charge is 2.16. The second-order valence-electron chi connectivity index (χ2n) is 6.25. The summed E-state index contributed by atoms with van der Waals surface area (Å²) in [6.07, 6.45) is 9.59. The third kappa shape index (κ3) is 3.72. The van der Waals surface area contributed by atoms with Gasteiger partial charge in [-0.25, -0.2) is 14.6 Å². The smallest absolute Gasteiger partial charge is 0.255 e. The molecule has 1 N–H and O–H groups in total. The predicted molar refractivity (Wildman–Crippen MR) is 96.4 cm³/mol. The molecule has 7 nitrogen and oxygen atoms in total. The lowest BCUT2D eigenvalue weighted by Crippen LogP contribution is -2.13. The fourth-order valence-corrected chi connectivity index (χ4v) is 3.01. The van der Waals surface area contributed by atoms with Crippen molar-refractivity contribution in [3.05, 3.63) is 60.8 Å². The Kier molecular flexibility index (Phi) is 4.59. The largest absolute Gasteiger partial charge is 0.490 e. The van der Waals surface area contributed by atoms with Gasteiger partial charge in [0.1, 0.15) is 18.4 Å². The Hall–Kier alpha value is -3.22. The monoisotopic (exact) mass is 349 g/mol. The molecule has 2 heterocycles. The van der Waals surface area contributed by atoms with Gasteiger partial charge in [-0.1, -0.05) is 0 Å². The summed E-state index contributed by atoms with van der Waals surface area (Å²) in [5.41, 5.74) is 1.19. The van der Waals surface area contributed by atoms with Crippen LogP contribution >= 0.6 is 0 Å². The van der Waals surface area contributed by atoms with Crippen molar-refractivity contribution in [2.24, 2.45) is 0 Å². The highest BCUT2D eigenvalue weighted by Crippen LogP contribution is 2.24. The lowest BCUT2D eigenvalue weighted by molar-refractivity contribution is 0.102. The van der Waals surface area contributed by atoms with Crippen molar-refractivity contribution < 1.29 is 9.53 Å². The first kappa shape index (κ1) is 16.3. The first-order valence-corrected chi connectivity index (χ1v) is 8.67. The van der Waals surface area contributed by atoms with Gasteiger partial charge in [-0.15, -0.1) is 0 Å². The van der Waals surface area contributed by atoms with Gasteiger partial charge in [0.15, 0.2) is 5.82 Å². The maximum Gasteiger partial charge on any atom is 0.255 e. The highest BCUT2D eigenvalue weighted by atomic mass is 16.5. The van der Waals surface area contributed by atoms with Crippen LogP contribution in [-0.2, 0) is 0 Å². The summed E-state index contributed by atoms with van der Waals surface area (Å²) in [4.78, 5) is 20.5. The topological polar surface area (TPSA) is 81.9 Å². The molecule has 0 aliphatic heterocycles. The van der Waals surface area contributed by atoms with Crippen LogP contribution in [0.1, 0.15) is 36.0 Å². The first-order valence-electron chi connectivity index (χ1n) is 8.67. The molecule has 1 aliphatic carbocycles. The normalized spacial score (nSPS) is 14.3. The third-order valence-corrected chi connectivity index (χ3v) is 4.38. The number of rotatable bonds is 5. The lowest BCUT2D eigenvalue weighted by atomic mass is 10.2. The molecule has 26 heavy (non-hydrogen) atoms. The van der Waals surface area contributed by atoms with Crippen LogP contribution in [-0.4, -0.2) is 31.8 Å². The van der Waals surface area contributed by atoms with E-state index >= 15 is 0 Å². The van der Waals surface area contributed by atoms with Crippen LogP contribution < -0.4 is 10.1 Å². The van der Waals surface area contributed by atoms with E-state index < -0.39 is 0 Å². The van der Waals surface area contributed by atoms with Crippen LogP contribution in [0.25, 0.3) is 5.82 Å². The van der Waals surface area contributed by atoms with E-state index in [-0.39, 0.29) is 5.91 Å². The number of carbonyl (C=O) groups is 1. The summed E-state index contributed by atoms with van der Waals surface area (Å²) in [5.74, 6) is 1.26. The maximum atomic E-state index is 12.4. The Balaban J connectivity index is 1.38. The zero-order chi connectivity index (χ0) is 17.8. The second-order valence-corrected chi connectivity index (χ2v) is 6.25. The van der Waals surface area contributed by atoms with Gasteiger partial charge in [0.25, 0.3) is 5.91 Å². The van der Waals surface area contributed by atoms with Crippen molar-refractivity contribution in [2.75, 3.05) is 5.32 Å². The summed E-state index contributed by atoms with van der Waals surface area (Å²) < 4.78 is 7.47. The molecule has 0 bridgehead atoms. The standard InChI is InChI=1S/C19H19N5O2/c25-19(14-5-8-17(9-6-14)26-16-3-1-2-4-16)23-15-7-10-18(21-11-15)24-13-20-12-22-24/h5-13,16H,1-4H2,(H,23,25). The van der Waals surface area contributed by atoms with E-state index in [0.717, 1.165) is 18.6 Å². The molecule has 1 fully saturated rings. The minimum atomic E-state index is -0.187. The Morgan fingerprint density at radius 1 is 1.12 bits per heavy atom. The Morgan fingerprint density at radius 3 is 2.58 bits per heavy atom. The van der Waals surface area contributed by atoms with Crippen molar-refractivity contribution >= 4 is 11.6 Å². The molecular formula is C19H19N5O2. The molecule has 7 heteroatoms. The van der Waals surface area contributed by atoms with Gasteiger partial charge >= 0.3 is 0 Å². The van der Waals surface area contributed by atoms with E-state index in [9.17, 15) is 4.79 Å². The lowest BCUT2D eigenvalue weighted by Gasteiger charge is -2.13. The number of hydrogen-bond acceptors (Lipinski definition) is 5. The van der Waals surface area contributed by atoms with Gasteiger partial charge in [0, 0.05) is 5.56 Å². The maximum absolute atomic E-state index is 12.4. The molecule has 0 spiro atoms. The zero-order valence-corrected chi connectivity index (χ0v) is 14.2. The van der Waals surface area contributed by atoms with Crippen LogP contribution in [0.2, 0.25) is 0 Å². The van der Waals surface area contributed by atoms with E-state index in [4.69, 9.17) is 4.74 Å². The SMILES string of the molecule is O=C(Nc1ccc(-n2cncn2)nc1)c1ccc(OC2CCCC2)cc1. The van der Waals surface area contributed by atoms with Crippen molar-refractivity contribution in [2.45, 2.75) is 31.8 Å². The molecule has 0 radical (unpaired) electrons. The molecular weight excluding hydrogens is 330 g/mol. The molecule has 0 atom stereocenters. The number of amides is 1. The average Bonchev–Trinajstić information content (AvgIpc) is 3.37. The minimum absolute atomic E-state index is 0.187. The number of nitrogens with zero attached hydrogens (tertiary/aromatic N) is 4. The van der Waals surface area contributed by atoms with Crippen LogP contribution in [0.3, 0.4) is 0 Å². The molecule has 4 rings (SSSR count). The van der Waals surface area contributed by atoms with E-state index in [0.29, 0.717) is 23.2 Å². The molecule has 1 aromatic carbocycles. The number of hydrogen-bond donors (Lipinski definition) is 1. The highest BCUT2D eigenvalue weighted by molar-refractivity contribution is 6.04. The van der Waals surface area contributed by atoms with Crippen molar-refractivity contribution in [1.82, 2.24) is 19.7 Å². The quantitative estimate of drug-likeness (QED) is 0.765. The predicted octanol–water partition coefficient (Wildman–Crippen LogP) is 3.24. The van der Waals surface area contributed by atoms with Gasteiger partial charge in [0.05, 0.1) is 18.0 Å². The van der Waals surface area contributed by atoms with Crippen molar-refractivity contribution in [3.63, 3.8) is 0 Å². The third-order valence-electron chi connectivity index (χ3n) is 4.38. The Bertz CT molecular complexity index is 854. The number of nitrogens with one attached hydrogen (secondary N) is 1.